The standard InChI is InChI=1S/C20H34O3/c1-19-8-6-13(21)10-12(19)11-16(23-3)18-14-4-5-17(22)20(14,2)9-7-15(18)19/h12-18,21-22H,4-11H2,1-3H3/t12?,13?,14-,15+,16?,17?,18-,19-,20-/m0/s1. The molecule has 0 aromatic heterocycles. The van der Waals surface area contributed by atoms with E-state index in [0.717, 1.165) is 25.7 Å². The van der Waals surface area contributed by atoms with E-state index in [1.165, 1.54) is 25.7 Å². The Morgan fingerprint density at radius 2 is 1.57 bits per heavy atom. The van der Waals surface area contributed by atoms with Crippen molar-refractivity contribution >= 4 is 0 Å². The number of hydrogen-bond donors (Lipinski definition) is 2. The third-order valence-electron chi connectivity index (χ3n) is 8.88. The van der Waals surface area contributed by atoms with Crippen molar-refractivity contribution in [2.75, 3.05) is 7.11 Å². The number of fused-ring (bicyclic) bond motifs is 5. The molecule has 0 heterocycles. The Labute approximate surface area is 140 Å². The highest BCUT2D eigenvalue weighted by atomic mass is 16.5. The van der Waals surface area contributed by atoms with Crippen molar-refractivity contribution in [3.63, 3.8) is 0 Å². The van der Waals surface area contributed by atoms with E-state index in [-0.39, 0.29) is 17.6 Å². The zero-order chi connectivity index (χ0) is 16.4. The molecule has 9 atom stereocenters. The third-order valence-corrected chi connectivity index (χ3v) is 8.88. The van der Waals surface area contributed by atoms with E-state index < -0.39 is 0 Å². The number of ether oxygens (including phenoxy) is 1. The van der Waals surface area contributed by atoms with Crippen LogP contribution in [0.4, 0.5) is 0 Å². The van der Waals surface area contributed by atoms with Gasteiger partial charge in [-0.1, -0.05) is 13.8 Å². The number of aliphatic hydroxyl groups is 2. The lowest BCUT2D eigenvalue weighted by molar-refractivity contribution is -0.184. The van der Waals surface area contributed by atoms with Crippen molar-refractivity contribution in [2.24, 2.45) is 34.5 Å². The Bertz CT molecular complexity index is 466. The molecule has 0 amide bonds. The summed E-state index contributed by atoms with van der Waals surface area (Å²) in [6.07, 6.45) is 8.84. The second-order valence-electron chi connectivity index (χ2n) is 9.57. The number of hydrogen-bond acceptors (Lipinski definition) is 3. The molecular formula is C20H34O3. The van der Waals surface area contributed by atoms with E-state index >= 15 is 0 Å². The molecule has 0 aromatic carbocycles. The van der Waals surface area contributed by atoms with E-state index in [2.05, 4.69) is 13.8 Å². The third kappa shape index (κ3) is 2.19. The molecule has 2 N–H and O–H groups in total. The molecular weight excluding hydrogens is 288 g/mol. The topological polar surface area (TPSA) is 49.7 Å². The molecule has 4 rings (SSSR count). The maximum Gasteiger partial charge on any atom is 0.0608 e. The Hall–Kier alpha value is -0.120. The summed E-state index contributed by atoms with van der Waals surface area (Å²) in [6, 6.07) is 0. The number of rotatable bonds is 1. The largest absolute Gasteiger partial charge is 0.393 e. The van der Waals surface area contributed by atoms with Gasteiger partial charge in [-0.05, 0) is 85.9 Å². The first-order valence-corrected chi connectivity index (χ1v) is 9.79. The zero-order valence-corrected chi connectivity index (χ0v) is 15.0. The molecule has 0 aliphatic heterocycles. The Balaban J connectivity index is 1.69. The predicted octanol–water partition coefficient (Wildman–Crippen LogP) is 3.38. The summed E-state index contributed by atoms with van der Waals surface area (Å²) in [5.74, 6) is 2.54. The van der Waals surface area contributed by atoms with Crippen LogP contribution in [0.5, 0.6) is 0 Å². The summed E-state index contributed by atoms with van der Waals surface area (Å²) in [5, 5.41) is 20.8. The number of methoxy groups -OCH3 is 1. The zero-order valence-electron chi connectivity index (χ0n) is 15.0. The smallest absolute Gasteiger partial charge is 0.0608 e. The molecule has 4 saturated carbocycles. The van der Waals surface area contributed by atoms with Crippen LogP contribution in [0.1, 0.15) is 65.2 Å². The van der Waals surface area contributed by atoms with E-state index in [0.29, 0.717) is 35.2 Å². The van der Waals surface area contributed by atoms with Crippen LogP contribution >= 0.6 is 0 Å². The maximum absolute atomic E-state index is 10.6. The van der Waals surface area contributed by atoms with E-state index in [1.807, 2.05) is 7.11 Å². The van der Waals surface area contributed by atoms with Gasteiger partial charge in [0.05, 0.1) is 18.3 Å². The van der Waals surface area contributed by atoms with Gasteiger partial charge in [0, 0.05) is 7.11 Å². The van der Waals surface area contributed by atoms with Gasteiger partial charge in [-0.3, -0.25) is 0 Å². The molecule has 3 nitrogen and oxygen atoms in total. The molecule has 4 unspecified atom stereocenters. The van der Waals surface area contributed by atoms with Gasteiger partial charge in [-0.15, -0.1) is 0 Å². The summed E-state index contributed by atoms with van der Waals surface area (Å²) in [5.41, 5.74) is 0.475. The van der Waals surface area contributed by atoms with Crippen LogP contribution in [0.2, 0.25) is 0 Å². The summed E-state index contributed by atoms with van der Waals surface area (Å²) in [6.45, 7) is 4.83. The molecule has 0 aromatic rings. The Morgan fingerprint density at radius 1 is 0.870 bits per heavy atom. The van der Waals surface area contributed by atoms with Gasteiger partial charge in [0.1, 0.15) is 0 Å². The highest BCUT2D eigenvalue weighted by Crippen LogP contribution is 2.66. The molecule has 0 saturated heterocycles. The molecule has 3 heteroatoms. The highest BCUT2D eigenvalue weighted by Gasteiger charge is 2.62. The van der Waals surface area contributed by atoms with E-state index in [9.17, 15) is 10.2 Å². The first-order valence-electron chi connectivity index (χ1n) is 9.79. The predicted molar refractivity (Wildman–Crippen MR) is 89.9 cm³/mol. The molecule has 23 heavy (non-hydrogen) atoms. The fourth-order valence-electron chi connectivity index (χ4n) is 7.40. The fourth-order valence-corrected chi connectivity index (χ4v) is 7.40. The van der Waals surface area contributed by atoms with Crippen LogP contribution < -0.4 is 0 Å². The summed E-state index contributed by atoms with van der Waals surface area (Å²) >= 11 is 0. The minimum absolute atomic E-state index is 0.106. The van der Waals surface area contributed by atoms with E-state index in [1.54, 1.807) is 0 Å². The van der Waals surface area contributed by atoms with Crippen molar-refractivity contribution in [1.29, 1.82) is 0 Å². The van der Waals surface area contributed by atoms with Crippen LogP contribution in [0.3, 0.4) is 0 Å². The van der Waals surface area contributed by atoms with Gasteiger partial charge < -0.3 is 14.9 Å². The van der Waals surface area contributed by atoms with Crippen molar-refractivity contribution in [3.8, 4) is 0 Å². The van der Waals surface area contributed by atoms with Crippen LogP contribution in [0.15, 0.2) is 0 Å². The molecule has 4 aliphatic rings. The normalized spacial score (nSPS) is 59.1. The minimum Gasteiger partial charge on any atom is -0.393 e. The second kappa shape index (κ2) is 5.44. The summed E-state index contributed by atoms with van der Waals surface area (Å²) in [7, 11) is 1.88. The lowest BCUT2D eigenvalue weighted by atomic mass is 9.44. The van der Waals surface area contributed by atoms with E-state index in [4.69, 9.17) is 4.74 Å². The Morgan fingerprint density at radius 3 is 2.30 bits per heavy atom. The van der Waals surface area contributed by atoms with Crippen molar-refractivity contribution in [3.05, 3.63) is 0 Å². The summed E-state index contributed by atoms with van der Waals surface area (Å²) < 4.78 is 6.02. The van der Waals surface area contributed by atoms with Crippen molar-refractivity contribution in [1.82, 2.24) is 0 Å². The maximum atomic E-state index is 10.6. The van der Waals surface area contributed by atoms with Crippen molar-refractivity contribution < 1.29 is 14.9 Å². The highest BCUT2D eigenvalue weighted by molar-refractivity contribution is 5.11. The lowest BCUT2D eigenvalue weighted by Gasteiger charge is -2.62. The Kier molecular flexibility index (Phi) is 3.87. The van der Waals surface area contributed by atoms with Gasteiger partial charge >= 0.3 is 0 Å². The van der Waals surface area contributed by atoms with Gasteiger partial charge in [0.25, 0.3) is 0 Å². The molecule has 0 radical (unpaired) electrons. The monoisotopic (exact) mass is 322 g/mol. The van der Waals surface area contributed by atoms with Crippen LogP contribution in [-0.4, -0.2) is 35.6 Å². The van der Waals surface area contributed by atoms with Gasteiger partial charge in [0.2, 0.25) is 0 Å². The fraction of sp³-hybridized carbons (Fsp3) is 1.00. The quantitative estimate of drug-likeness (QED) is 0.778. The summed E-state index contributed by atoms with van der Waals surface area (Å²) in [4.78, 5) is 0. The average Bonchev–Trinajstić information content (AvgIpc) is 2.83. The van der Waals surface area contributed by atoms with Gasteiger partial charge in [-0.25, -0.2) is 0 Å². The lowest BCUT2D eigenvalue weighted by Crippen LogP contribution is -2.59. The first kappa shape index (κ1) is 16.4. The first-order chi connectivity index (χ1) is 10.9. The van der Waals surface area contributed by atoms with Crippen LogP contribution in [0, 0.1) is 34.5 Å². The van der Waals surface area contributed by atoms with Crippen LogP contribution in [0.25, 0.3) is 0 Å². The molecule has 0 bridgehead atoms. The van der Waals surface area contributed by atoms with Crippen molar-refractivity contribution in [2.45, 2.75) is 83.5 Å². The number of aliphatic hydroxyl groups excluding tert-OH is 2. The SMILES string of the molecule is COC1CC2CC(O)CC[C@]2(C)[C@@H]2CC[C@]3(C)C(O)CC[C@H]3[C@H]12. The average molecular weight is 322 g/mol. The molecule has 0 spiro atoms. The molecule has 132 valence electrons. The molecule has 4 fully saturated rings. The van der Waals surface area contributed by atoms with Gasteiger partial charge in [0.15, 0.2) is 0 Å². The second-order valence-corrected chi connectivity index (χ2v) is 9.57. The minimum atomic E-state index is -0.121. The molecule has 4 aliphatic carbocycles. The van der Waals surface area contributed by atoms with Gasteiger partial charge in [-0.2, -0.15) is 0 Å². The van der Waals surface area contributed by atoms with Crippen LogP contribution in [-0.2, 0) is 4.74 Å².